The lowest BCUT2D eigenvalue weighted by Gasteiger charge is -2.38. The fraction of sp³-hybridized carbons (Fsp3) is 0.647. The number of rotatable bonds is 3. The number of carbonyl (C=O) groups excluding carboxylic acids is 1. The molecule has 1 atom stereocenters. The Morgan fingerprint density at radius 2 is 2.04 bits per heavy atom. The molecule has 1 aromatic rings. The fourth-order valence-corrected chi connectivity index (χ4v) is 3.76. The smallest absolute Gasteiger partial charge is 0.236 e. The standard InChI is InChI=1S/C17H25ClN4O/c1-14-4-2-3-7-22(14)17(23)13-20-8-10-21(11-9-20)16-5-6-19-12-15(16)18/h5-6,12,14H,2-4,7-11,13H2,1H3. The Labute approximate surface area is 143 Å². The molecule has 0 bridgehead atoms. The van der Waals surface area contributed by atoms with E-state index < -0.39 is 0 Å². The Hall–Kier alpha value is -1.33. The number of nitrogens with zero attached hydrogens (tertiary/aromatic N) is 4. The summed E-state index contributed by atoms with van der Waals surface area (Å²) in [5.41, 5.74) is 1.04. The SMILES string of the molecule is CC1CCCCN1C(=O)CN1CCN(c2ccncc2Cl)CC1. The summed E-state index contributed by atoms with van der Waals surface area (Å²) in [6, 6.07) is 2.35. The van der Waals surface area contributed by atoms with Gasteiger partial charge in [0.05, 0.1) is 17.3 Å². The lowest BCUT2D eigenvalue weighted by atomic mass is 10.0. The first kappa shape index (κ1) is 16.5. The van der Waals surface area contributed by atoms with Crippen LogP contribution in [0, 0.1) is 0 Å². The highest BCUT2D eigenvalue weighted by Gasteiger charge is 2.26. The fourth-order valence-electron chi connectivity index (χ4n) is 3.52. The number of halogens is 1. The number of pyridine rings is 1. The van der Waals surface area contributed by atoms with Crippen molar-refractivity contribution in [2.75, 3.05) is 44.2 Å². The van der Waals surface area contributed by atoms with E-state index in [0.717, 1.165) is 51.3 Å². The quantitative estimate of drug-likeness (QED) is 0.849. The van der Waals surface area contributed by atoms with Gasteiger partial charge >= 0.3 is 0 Å². The van der Waals surface area contributed by atoms with Gasteiger partial charge in [0.15, 0.2) is 0 Å². The first-order chi connectivity index (χ1) is 11.1. The van der Waals surface area contributed by atoms with Crippen LogP contribution in [0.25, 0.3) is 0 Å². The predicted molar refractivity (Wildman–Crippen MR) is 92.9 cm³/mol. The van der Waals surface area contributed by atoms with Crippen molar-refractivity contribution in [3.05, 3.63) is 23.5 Å². The molecule has 0 aliphatic carbocycles. The summed E-state index contributed by atoms with van der Waals surface area (Å²) < 4.78 is 0. The monoisotopic (exact) mass is 336 g/mol. The number of hydrogen-bond acceptors (Lipinski definition) is 4. The molecule has 0 N–H and O–H groups in total. The Balaban J connectivity index is 1.51. The summed E-state index contributed by atoms with van der Waals surface area (Å²) in [4.78, 5) is 23.2. The van der Waals surface area contributed by atoms with Gasteiger partial charge in [0, 0.05) is 51.2 Å². The van der Waals surface area contributed by atoms with Gasteiger partial charge in [0.2, 0.25) is 5.91 Å². The molecule has 3 heterocycles. The summed E-state index contributed by atoms with van der Waals surface area (Å²) in [5, 5.41) is 0.694. The number of hydrogen-bond donors (Lipinski definition) is 0. The van der Waals surface area contributed by atoms with Crippen molar-refractivity contribution in [1.82, 2.24) is 14.8 Å². The van der Waals surface area contributed by atoms with Gasteiger partial charge in [0.25, 0.3) is 0 Å². The maximum atomic E-state index is 12.5. The lowest BCUT2D eigenvalue weighted by Crippen LogP contribution is -2.52. The third-order valence-corrected chi connectivity index (χ3v) is 5.24. The minimum absolute atomic E-state index is 0.285. The maximum Gasteiger partial charge on any atom is 0.236 e. The van der Waals surface area contributed by atoms with Crippen molar-refractivity contribution in [3.8, 4) is 0 Å². The molecular weight excluding hydrogens is 312 g/mol. The van der Waals surface area contributed by atoms with Crippen LogP contribution in [-0.2, 0) is 4.79 Å². The second-order valence-electron chi connectivity index (χ2n) is 6.52. The van der Waals surface area contributed by atoms with Gasteiger partial charge in [-0.25, -0.2) is 0 Å². The lowest BCUT2D eigenvalue weighted by molar-refractivity contribution is -0.135. The van der Waals surface area contributed by atoms with Crippen LogP contribution < -0.4 is 4.90 Å². The molecule has 2 aliphatic rings. The number of piperazine rings is 1. The maximum absolute atomic E-state index is 12.5. The van der Waals surface area contributed by atoms with Crippen molar-refractivity contribution in [2.45, 2.75) is 32.2 Å². The molecule has 3 rings (SSSR count). The highest BCUT2D eigenvalue weighted by molar-refractivity contribution is 6.33. The van der Waals surface area contributed by atoms with E-state index in [2.05, 4.69) is 26.6 Å². The first-order valence-electron chi connectivity index (χ1n) is 8.51. The van der Waals surface area contributed by atoms with Crippen LogP contribution in [0.2, 0.25) is 5.02 Å². The van der Waals surface area contributed by atoms with Gasteiger partial charge in [-0.1, -0.05) is 11.6 Å². The molecule has 126 valence electrons. The van der Waals surface area contributed by atoms with Crippen LogP contribution >= 0.6 is 11.6 Å². The Morgan fingerprint density at radius 1 is 1.26 bits per heavy atom. The normalized spacial score (nSPS) is 23.1. The molecule has 23 heavy (non-hydrogen) atoms. The predicted octanol–water partition coefficient (Wildman–Crippen LogP) is 2.26. The number of likely N-dealkylation sites (tertiary alicyclic amines) is 1. The van der Waals surface area contributed by atoms with E-state index in [-0.39, 0.29) is 5.91 Å². The van der Waals surface area contributed by atoms with Gasteiger partial charge in [-0.3, -0.25) is 14.7 Å². The van der Waals surface area contributed by atoms with Crippen LogP contribution in [-0.4, -0.2) is 66.0 Å². The second kappa shape index (κ2) is 7.49. The largest absolute Gasteiger partial charge is 0.368 e. The molecule has 0 spiro atoms. The van der Waals surface area contributed by atoms with E-state index in [0.29, 0.717) is 17.6 Å². The summed E-state index contributed by atoms with van der Waals surface area (Å²) in [7, 11) is 0. The van der Waals surface area contributed by atoms with Crippen molar-refractivity contribution in [2.24, 2.45) is 0 Å². The van der Waals surface area contributed by atoms with E-state index >= 15 is 0 Å². The zero-order valence-corrected chi connectivity index (χ0v) is 14.5. The van der Waals surface area contributed by atoms with Gasteiger partial charge in [0.1, 0.15) is 0 Å². The number of amides is 1. The zero-order valence-electron chi connectivity index (χ0n) is 13.7. The Morgan fingerprint density at radius 3 is 2.74 bits per heavy atom. The zero-order chi connectivity index (χ0) is 16.2. The Bertz CT molecular complexity index is 545. The van der Waals surface area contributed by atoms with Crippen molar-refractivity contribution in [1.29, 1.82) is 0 Å². The minimum atomic E-state index is 0.285. The van der Waals surface area contributed by atoms with Crippen LogP contribution in [0.1, 0.15) is 26.2 Å². The average molecular weight is 337 g/mol. The molecular formula is C17H25ClN4O. The van der Waals surface area contributed by atoms with Crippen molar-refractivity contribution >= 4 is 23.2 Å². The van der Waals surface area contributed by atoms with Gasteiger partial charge in [-0.15, -0.1) is 0 Å². The van der Waals surface area contributed by atoms with Crippen LogP contribution in [0.4, 0.5) is 5.69 Å². The topological polar surface area (TPSA) is 39.7 Å². The van der Waals surface area contributed by atoms with E-state index in [4.69, 9.17) is 11.6 Å². The van der Waals surface area contributed by atoms with Gasteiger partial charge in [-0.2, -0.15) is 0 Å². The molecule has 2 aliphatic heterocycles. The van der Waals surface area contributed by atoms with Crippen molar-refractivity contribution in [3.63, 3.8) is 0 Å². The highest BCUT2D eigenvalue weighted by Crippen LogP contribution is 2.25. The molecule has 1 amide bonds. The number of aromatic nitrogens is 1. The molecule has 1 unspecified atom stereocenters. The first-order valence-corrected chi connectivity index (χ1v) is 8.89. The molecule has 0 aromatic carbocycles. The Kier molecular flexibility index (Phi) is 5.38. The minimum Gasteiger partial charge on any atom is -0.368 e. The van der Waals surface area contributed by atoms with Crippen LogP contribution in [0.5, 0.6) is 0 Å². The highest BCUT2D eigenvalue weighted by atomic mass is 35.5. The van der Waals surface area contributed by atoms with E-state index in [1.165, 1.54) is 6.42 Å². The molecule has 0 saturated carbocycles. The van der Waals surface area contributed by atoms with Gasteiger partial charge < -0.3 is 9.80 Å². The van der Waals surface area contributed by atoms with E-state index in [1.54, 1.807) is 12.4 Å². The second-order valence-corrected chi connectivity index (χ2v) is 6.93. The molecule has 0 radical (unpaired) electrons. The number of carbonyl (C=O) groups is 1. The summed E-state index contributed by atoms with van der Waals surface area (Å²) in [6.07, 6.45) is 6.99. The number of anilines is 1. The third-order valence-electron chi connectivity index (χ3n) is 4.95. The molecule has 5 nitrogen and oxygen atoms in total. The van der Waals surface area contributed by atoms with E-state index in [1.807, 2.05) is 6.07 Å². The molecule has 2 saturated heterocycles. The molecule has 2 fully saturated rings. The van der Waals surface area contributed by atoms with Crippen molar-refractivity contribution < 1.29 is 4.79 Å². The van der Waals surface area contributed by atoms with Gasteiger partial charge in [-0.05, 0) is 32.3 Å². The average Bonchev–Trinajstić information content (AvgIpc) is 2.56. The molecule has 1 aromatic heterocycles. The summed E-state index contributed by atoms with van der Waals surface area (Å²) in [6.45, 7) is 7.22. The summed E-state index contributed by atoms with van der Waals surface area (Å²) in [5.74, 6) is 0.285. The number of piperidine rings is 1. The molecule has 6 heteroatoms. The van der Waals surface area contributed by atoms with E-state index in [9.17, 15) is 4.79 Å². The van der Waals surface area contributed by atoms with Crippen LogP contribution in [0.15, 0.2) is 18.5 Å². The summed E-state index contributed by atoms with van der Waals surface area (Å²) >= 11 is 6.22. The third kappa shape index (κ3) is 3.96. The van der Waals surface area contributed by atoms with Crippen LogP contribution in [0.3, 0.4) is 0 Å².